The minimum absolute atomic E-state index is 0.210. The molecule has 0 radical (unpaired) electrons. The zero-order valence-electron chi connectivity index (χ0n) is 12.2. The van der Waals surface area contributed by atoms with Gasteiger partial charge < -0.3 is 4.74 Å². The van der Waals surface area contributed by atoms with E-state index in [2.05, 4.69) is 11.3 Å². The molecule has 0 aliphatic heterocycles. The molecule has 0 N–H and O–H groups in total. The summed E-state index contributed by atoms with van der Waals surface area (Å²) in [6.45, 7) is 9.86. The number of esters is 1. The number of alkyl halides is 3. The van der Waals surface area contributed by atoms with E-state index in [1.165, 1.54) is 27.0 Å². The number of hydrogen-bond donors (Lipinski definition) is 0. The molecule has 5 heteroatoms. The maximum atomic E-state index is 13.2. The molecule has 0 unspecified atom stereocenters. The van der Waals surface area contributed by atoms with E-state index >= 15 is 0 Å². The predicted octanol–water partition coefficient (Wildman–Crippen LogP) is 4.21. The average molecular weight is 280 g/mol. The van der Waals surface area contributed by atoms with Gasteiger partial charge in [-0.1, -0.05) is 33.8 Å². The van der Waals surface area contributed by atoms with Crippen molar-refractivity contribution in [3.63, 3.8) is 0 Å². The quantitative estimate of drug-likeness (QED) is 0.538. The lowest BCUT2D eigenvalue weighted by Crippen LogP contribution is -2.39. The van der Waals surface area contributed by atoms with Crippen LogP contribution in [0.25, 0.3) is 0 Å². The molecule has 112 valence electrons. The van der Waals surface area contributed by atoms with E-state index in [1.54, 1.807) is 13.8 Å². The van der Waals surface area contributed by atoms with E-state index in [0.717, 1.165) is 0 Å². The van der Waals surface area contributed by atoms with E-state index in [0.29, 0.717) is 0 Å². The van der Waals surface area contributed by atoms with E-state index in [-0.39, 0.29) is 12.3 Å². The monoisotopic (exact) mass is 280 g/mol. The molecule has 0 fully saturated rings. The van der Waals surface area contributed by atoms with Crippen LogP contribution >= 0.6 is 0 Å². The average Bonchev–Trinajstić information content (AvgIpc) is 2.26. The summed E-state index contributed by atoms with van der Waals surface area (Å²) in [4.78, 5) is 11.6. The summed E-state index contributed by atoms with van der Waals surface area (Å²) in [6, 6.07) is 0. The maximum Gasteiger partial charge on any atom is 0.392 e. The summed E-state index contributed by atoms with van der Waals surface area (Å²) in [6.07, 6.45) is -3.37. The van der Waals surface area contributed by atoms with E-state index in [1.807, 2.05) is 0 Å². The fourth-order valence-electron chi connectivity index (χ4n) is 2.05. The lowest BCUT2D eigenvalue weighted by Gasteiger charge is -2.35. The van der Waals surface area contributed by atoms with E-state index in [4.69, 9.17) is 0 Å². The second kappa shape index (κ2) is 6.44. The smallest absolute Gasteiger partial charge is 0.392 e. The van der Waals surface area contributed by atoms with Gasteiger partial charge in [-0.2, -0.15) is 13.2 Å². The van der Waals surface area contributed by atoms with Crippen LogP contribution in [-0.2, 0) is 9.53 Å². The maximum absolute atomic E-state index is 13.2. The molecule has 2 nitrogen and oxygen atoms in total. The van der Waals surface area contributed by atoms with Gasteiger partial charge in [0, 0.05) is 0 Å². The van der Waals surface area contributed by atoms with Crippen molar-refractivity contribution in [2.45, 2.75) is 40.3 Å². The molecule has 0 rings (SSSR count). The van der Waals surface area contributed by atoms with Gasteiger partial charge in [-0.15, -0.1) is 6.58 Å². The van der Waals surface area contributed by atoms with Gasteiger partial charge >= 0.3 is 12.1 Å². The summed E-state index contributed by atoms with van der Waals surface area (Å²) < 4.78 is 44.2. The van der Waals surface area contributed by atoms with E-state index in [9.17, 15) is 18.0 Å². The molecule has 0 spiro atoms. The summed E-state index contributed by atoms with van der Waals surface area (Å²) >= 11 is 0. The first-order valence-corrected chi connectivity index (χ1v) is 6.25. The lowest BCUT2D eigenvalue weighted by atomic mass is 9.72. The number of carbonyl (C=O) groups excluding carboxylic acids is 1. The van der Waals surface area contributed by atoms with Crippen LogP contribution in [0.1, 0.15) is 34.1 Å². The van der Waals surface area contributed by atoms with Gasteiger partial charge in [-0.3, -0.25) is 4.79 Å². The number of hydrogen-bond acceptors (Lipinski definition) is 2. The molecule has 0 aliphatic carbocycles. The van der Waals surface area contributed by atoms with Crippen LogP contribution < -0.4 is 0 Å². The number of allylic oxidation sites excluding steroid dienone is 1. The standard InChI is InChI=1S/C14H23F3O2/c1-7-13(4,5)11(14(15,16)17)8-10(9(2)3)12(18)19-6/h7,9-11H,1,8H2,2-6H3/t10-,11-/m1/s1. The second-order valence-electron chi connectivity index (χ2n) is 5.73. The van der Waals surface area contributed by atoms with Crippen molar-refractivity contribution >= 4 is 5.97 Å². The van der Waals surface area contributed by atoms with Crippen molar-refractivity contribution in [3.8, 4) is 0 Å². The Hall–Kier alpha value is -1.00. The first-order chi connectivity index (χ1) is 8.47. The molecule has 0 aromatic carbocycles. The van der Waals surface area contributed by atoms with Crippen LogP contribution in [0.15, 0.2) is 12.7 Å². The molecular weight excluding hydrogens is 257 g/mol. The molecule has 0 aliphatic rings. The third-order valence-electron chi connectivity index (χ3n) is 3.62. The topological polar surface area (TPSA) is 26.3 Å². The predicted molar refractivity (Wildman–Crippen MR) is 68.5 cm³/mol. The van der Waals surface area contributed by atoms with Crippen molar-refractivity contribution < 1.29 is 22.7 Å². The number of ether oxygens (including phenoxy) is 1. The Morgan fingerprint density at radius 3 is 2.05 bits per heavy atom. The van der Waals surface area contributed by atoms with Gasteiger partial charge in [0.25, 0.3) is 0 Å². The SMILES string of the molecule is C=CC(C)(C)[C@@H](C[C@@H](C(=O)OC)C(C)C)C(F)(F)F. The highest BCUT2D eigenvalue weighted by atomic mass is 19.4. The molecule has 0 saturated carbocycles. The fourth-order valence-corrected chi connectivity index (χ4v) is 2.05. The normalized spacial score (nSPS) is 16.1. The van der Waals surface area contributed by atoms with E-state index < -0.39 is 29.4 Å². The third kappa shape index (κ3) is 4.88. The molecule has 0 bridgehead atoms. The first kappa shape index (κ1) is 18.0. The van der Waals surface area contributed by atoms with Crippen LogP contribution in [0.5, 0.6) is 0 Å². The van der Waals surface area contributed by atoms with Crippen molar-refractivity contribution in [1.29, 1.82) is 0 Å². The first-order valence-electron chi connectivity index (χ1n) is 6.25. The summed E-state index contributed by atoms with van der Waals surface area (Å²) in [5.74, 6) is -3.19. The molecule has 0 heterocycles. The van der Waals surface area contributed by atoms with Gasteiger partial charge in [-0.05, 0) is 17.8 Å². The van der Waals surface area contributed by atoms with Crippen LogP contribution in [0, 0.1) is 23.2 Å². The highest BCUT2D eigenvalue weighted by Gasteiger charge is 2.49. The Morgan fingerprint density at radius 2 is 1.79 bits per heavy atom. The Balaban J connectivity index is 5.31. The van der Waals surface area contributed by atoms with Crippen molar-refractivity contribution in [2.24, 2.45) is 23.2 Å². The van der Waals surface area contributed by atoms with Crippen LogP contribution in [0.3, 0.4) is 0 Å². The van der Waals surface area contributed by atoms with Gasteiger partial charge in [0.2, 0.25) is 0 Å². The Morgan fingerprint density at radius 1 is 1.32 bits per heavy atom. The zero-order valence-corrected chi connectivity index (χ0v) is 12.2. The second-order valence-corrected chi connectivity index (χ2v) is 5.73. The number of methoxy groups -OCH3 is 1. The van der Waals surface area contributed by atoms with Gasteiger partial charge in [0.15, 0.2) is 0 Å². The van der Waals surface area contributed by atoms with Crippen LogP contribution in [-0.4, -0.2) is 19.3 Å². The number of carbonyl (C=O) groups is 1. The minimum Gasteiger partial charge on any atom is -0.469 e. The molecule has 2 atom stereocenters. The van der Waals surface area contributed by atoms with Gasteiger partial charge in [0.05, 0.1) is 18.9 Å². The summed E-state index contributed by atoms with van der Waals surface area (Å²) in [7, 11) is 1.19. The lowest BCUT2D eigenvalue weighted by molar-refractivity contribution is -0.203. The minimum atomic E-state index is -4.38. The van der Waals surface area contributed by atoms with Gasteiger partial charge in [0.1, 0.15) is 0 Å². The highest BCUT2D eigenvalue weighted by Crippen LogP contribution is 2.45. The Bertz CT molecular complexity index is 319. The van der Waals surface area contributed by atoms with Crippen LogP contribution in [0.2, 0.25) is 0 Å². The van der Waals surface area contributed by atoms with Crippen molar-refractivity contribution in [1.82, 2.24) is 0 Å². The Labute approximate surface area is 113 Å². The van der Waals surface area contributed by atoms with Gasteiger partial charge in [-0.25, -0.2) is 0 Å². The largest absolute Gasteiger partial charge is 0.469 e. The summed E-state index contributed by atoms with van der Waals surface area (Å²) in [5, 5.41) is 0. The molecule has 0 aromatic heterocycles. The number of rotatable bonds is 6. The molecule has 19 heavy (non-hydrogen) atoms. The fraction of sp³-hybridized carbons (Fsp3) is 0.786. The summed E-state index contributed by atoms with van der Waals surface area (Å²) in [5.41, 5.74) is -1.13. The molecule has 0 aromatic rings. The van der Waals surface area contributed by atoms with Crippen molar-refractivity contribution in [3.05, 3.63) is 12.7 Å². The third-order valence-corrected chi connectivity index (χ3v) is 3.62. The van der Waals surface area contributed by atoms with Crippen molar-refractivity contribution in [2.75, 3.05) is 7.11 Å². The van der Waals surface area contributed by atoms with Crippen LogP contribution in [0.4, 0.5) is 13.2 Å². The molecular formula is C14H23F3O2. The molecule has 0 amide bonds. The zero-order chi connectivity index (χ0) is 15.4. The Kier molecular flexibility index (Phi) is 6.10. The highest BCUT2D eigenvalue weighted by molar-refractivity contribution is 5.72. The number of halogens is 3. The molecule has 0 saturated heterocycles.